The first-order chi connectivity index (χ1) is 5.24. The summed E-state index contributed by atoms with van der Waals surface area (Å²) < 4.78 is 0. The summed E-state index contributed by atoms with van der Waals surface area (Å²) in [5.74, 6) is 0.553. The summed E-state index contributed by atoms with van der Waals surface area (Å²) in [6.45, 7) is 4.38. The van der Waals surface area contributed by atoms with E-state index >= 15 is 0 Å². The van der Waals surface area contributed by atoms with E-state index in [9.17, 15) is 0 Å². The summed E-state index contributed by atoms with van der Waals surface area (Å²) in [4.78, 5) is 0. The highest BCUT2D eigenvalue weighted by molar-refractivity contribution is 6.29. The van der Waals surface area contributed by atoms with Crippen molar-refractivity contribution in [2.75, 3.05) is 0 Å². The van der Waals surface area contributed by atoms with Gasteiger partial charge in [-0.3, -0.25) is 0 Å². The number of hydrogen-bond donors (Lipinski definition) is 0. The van der Waals surface area contributed by atoms with Gasteiger partial charge in [0.15, 0.2) is 0 Å². The Morgan fingerprint density at radius 3 is 2.91 bits per heavy atom. The molecule has 0 amide bonds. The molecule has 0 fully saturated rings. The topological polar surface area (TPSA) is 0 Å². The van der Waals surface area contributed by atoms with Crippen molar-refractivity contribution in [2.24, 2.45) is 5.92 Å². The van der Waals surface area contributed by atoms with E-state index in [1.807, 2.05) is 0 Å². The summed E-state index contributed by atoms with van der Waals surface area (Å²) >= 11 is 6.01. The summed E-state index contributed by atoms with van der Waals surface area (Å²) in [6, 6.07) is 0. The Morgan fingerprint density at radius 1 is 1.55 bits per heavy atom. The van der Waals surface area contributed by atoms with Crippen LogP contribution in [0.3, 0.4) is 0 Å². The molecule has 1 atom stereocenters. The molecular formula is C10H15Cl. The van der Waals surface area contributed by atoms with Crippen LogP contribution in [0.15, 0.2) is 22.8 Å². The lowest BCUT2D eigenvalue weighted by molar-refractivity contribution is 0.633. The third-order valence-corrected chi connectivity index (χ3v) is 2.80. The highest BCUT2D eigenvalue weighted by atomic mass is 35.5. The van der Waals surface area contributed by atoms with Gasteiger partial charge in [0.05, 0.1) is 0 Å². The molecule has 1 aliphatic carbocycles. The van der Waals surface area contributed by atoms with Crippen LogP contribution in [0.2, 0.25) is 0 Å². The Kier molecular flexibility index (Phi) is 3.19. The minimum Gasteiger partial charge on any atom is -0.0889 e. The summed E-state index contributed by atoms with van der Waals surface area (Å²) in [5, 5.41) is 1.01. The van der Waals surface area contributed by atoms with Gasteiger partial charge >= 0.3 is 0 Å². The van der Waals surface area contributed by atoms with Gasteiger partial charge in [-0.1, -0.05) is 37.1 Å². The first kappa shape index (κ1) is 8.86. The Labute approximate surface area is 73.9 Å². The van der Waals surface area contributed by atoms with E-state index in [4.69, 9.17) is 11.6 Å². The smallest absolute Gasteiger partial charge is 0.0209 e. The minimum absolute atomic E-state index is 0.553. The lowest BCUT2D eigenvalue weighted by Crippen LogP contribution is -1.92. The third kappa shape index (κ3) is 2.37. The fraction of sp³-hybridized carbons (Fsp3) is 0.600. The molecule has 1 aliphatic rings. The van der Waals surface area contributed by atoms with Crippen LogP contribution < -0.4 is 0 Å². The Bertz CT molecular complexity index is 183. The molecule has 0 spiro atoms. The lowest BCUT2D eigenvalue weighted by Gasteiger charge is -2.06. The predicted molar refractivity (Wildman–Crippen MR) is 50.7 cm³/mol. The second-order valence-electron chi connectivity index (χ2n) is 3.17. The first-order valence-corrected chi connectivity index (χ1v) is 4.67. The molecular weight excluding hydrogens is 156 g/mol. The van der Waals surface area contributed by atoms with Gasteiger partial charge in [0.25, 0.3) is 0 Å². The molecule has 0 aromatic carbocycles. The molecule has 0 radical (unpaired) electrons. The highest BCUT2D eigenvalue weighted by Crippen LogP contribution is 2.26. The van der Waals surface area contributed by atoms with Crippen LogP contribution in [0.1, 0.15) is 33.1 Å². The van der Waals surface area contributed by atoms with Gasteiger partial charge in [-0.25, -0.2) is 0 Å². The van der Waals surface area contributed by atoms with Crippen molar-refractivity contribution in [2.45, 2.75) is 33.1 Å². The second-order valence-corrected chi connectivity index (χ2v) is 3.61. The maximum Gasteiger partial charge on any atom is 0.0209 e. The van der Waals surface area contributed by atoms with E-state index < -0.39 is 0 Å². The Morgan fingerprint density at radius 2 is 2.27 bits per heavy atom. The maximum absolute atomic E-state index is 6.01. The van der Waals surface area contributed by atoms with Gasteiger partial charge in [0, 0.05) is 5.03 Å². The number of halogens is 1. The molecule has 62 valence electrons. The maximum atomic E-state index is 6.01. The SMILES string of the molecule is CCC1=CC=C(Cl)C(C)CC1. The van der Waals surface area contributed by atoms with Crippen molar-refractivity contribution in [1.29, 1.82) is 0 Å². The summed E-state index contributed by atoms with van der Waals surface area (Å²) in [6.07, 6.45) is 7.80. The van der Waals surface area contributed by atoms with Gasteiger partial charge in [-0.05, 0) is 31.3 Å². The second kappa shape index (κ2) is 3.96. The molecule has 0 saturated carbocycles. The molecule has 1 unspecified atom stereocenters. The van der Waals surface area contributed by atoms with Crippen LogP contribution in [0.4, 0.5) is 0 Å². The average molecular weight is 171 g/mol. The van der Waals surface area contributed by atoms with Crippen molar-refractivity contribution < 1.29 is 0 Å². The van der Waals surface area contributed by atoms with Crippen LogP contribution in [-0.2, 0) is 0 Å². The zero-order chi connectivity index (χ0) is 8.27. The van der Waals surface area contributed by atoms with Crippen LogP contribution >= 0.6 is 11.6 Å². The van der Waals surface area contributed by atoms with Crippen molar-refractivity contribution in [3.63, 3.8) is 0 Å². The minimum atomic E-state index is 0.553. The Hall–Kier alpha value is -0.230. The van der Waals surface area contributed by atoms with E-state index in [0.717, 1.165) is 11.5 Å². The van der Waals surface area contributed by atoms with Crippen molar-refractivity contribution in [1.82, 2.24) is 0 Å². The van der Waals surface area contributed by atoms with Gasteiger partial charge in [-0.2, -0.15) is 0 Å². The standard InChI is InChI=1S/C10H15Cl/c1-3-9-5-4-8(2)10(11)7-6-9/h6-8H,3-5H2,1-2H3. The molecule has 0 aliphatic heterocycles. The molecule has 0 nitrogen and oxygen atoms in total. The van der Waals surface area contributed by atoms with E-state index in [1.54, 1.807) is 0 Å². The molecule has 0 aromatic rings. The molecule has 11 heavy (non-hydrogen) atoms. The van der Waals surface area contributed by atoms with Gasteiger partial charge in [0.1, 0.15) is 0 Å². The molecule has 0 aromatic heterocycles. The van der Waals surface area contributed by atoms with Crippen LogP contribution in [0, 0.1) is 5.92 Å². The molecule has 1 rings (SSSR count). The number of hydrogen-bond acceptors (Lipinski definition) is 0. The first-order valence-electron chi connectivity index (χ1n) is 4.29. The van der Waals surface area contributed by atoms with Crippen LogP contribution in [-0.4, -0.2) is 0 Å². The fourth-order valence-corrected chi connectivity index (χ4v) is 1.45. The van der Waals surface area contributed by atoms with E-state index in [2.05, 4.69) is 26.0 Å². The third-order valence-electron chi connectivity index (χ3n) is 2.30. The monoisotopic (exact) mass is 170 g/mol. The van der Waals surface area contributed by atoms with Crippen LogP contribution in [0.25, 0.3) is 0 Å². The van der Waals surface area contributed by atoms with Gasteiger partial charge in [0.2, 0.25) is 0 Å². The van der Waals surface area contributed by atoms with Crippen molar-refractivity contribution in [3.05, 3.63) is 22.8 Å². The number of allylic oxidation sites excluding steroid dienone is 4. The normalized spacial score (nSPS) is 25.5. The largest absolute Gasteiger partial charge is 0.0889 e. The average Bonchev–Trinajstić information content (AvgIpc) is 2.16. The fourth-order valence-electron chi connectivity index (χ4n) is 1.28. The molecule has 0 N–H and O–H groups in total. The zero-order valence-corrected chi connectivity index (χ0v) is 7.99. The van der Waals surface area contributed by atoms with Crippen molar-refractivity contribution >= 4 is 11.6 Å². The van der Waals surface area contributed by atoms with Gasteiger partial charge < -0.3 is 0 Å². The Balaban J connectivity index is 2.67. The van der Waals surface area contributed by atoms with E-state index in [1.165, 1.54) is 18.4 Å². The summed E-state index contributed by atoms with van der Waals surface area (Å²) in [7, 11) is 0. The molecule has 1 heteroatoms. The van der Waals surface area contributed by atoms with E-state index in [-0.39, 0.29) is 0 Å². The summed E-state index contributed by atoms with van der Waals surface area (Å²) in [5.41, 5.74) is 1.52. The van der Waals surface area contributed by atoms with Crippen LogP contribution in [0.5, 0.6) is 0 Å². The molecule has 0 saturated heterocycles. The van der Waals surface area contributed by atoms with Crippen molar-refractivity contribution in [3.8, 4) is 0 Å². The van der Waals surface area contributed by atoms with E-state index in [0.29, 0.717) is 5.92 Å². The lowest BCUT2D eigenvalue weighted by atomic mass is 10.0. The number of rotatable bonds is 1. The zero-order valence-electron chi connectivity index (χ0n) is 7.23. The molecule has 0 heterocycles. The van der Waals surface area contributed by atoms with Gasteiger partial charge in [-0.15, -0.1) is 0 Å². The molecule has 0 bridgehead atoms. The highest BCUT2D eigenvalue weighted by Gasteiger charge is 2.09. The predicted octanol–water partition coefficient (Wildman–Crippen LogP) is 3.88. The quantitative estimate of drug-likeness (QED) is 0.561.